The molecular formula is C40H68N4O15. The van der Waals surface area contributed by atoms with Gasteiger partial charge in [0, 0.05) is 27.1 Å². The second kappa shape index (κ2) is 20.6. The average Bonchev–Trinajstić information content (AvgIpc) is 3.82. The van der Waals surface area contributed by atoms with E-state index in [1.165, 1.54) is 14.2 Å². The quantitative estimate of drug-likeness (QED) is 0.102. The van der Waals surface area contributed by atoms with Gasteiger partial charge in [-0.15, -0.1) is 0 Å². The van der Waals surface area contributed by atoms with Crippen molar-refractivity contribution >= 4 is 29.8 Å². The Labute approximate surface area is 347 Å². The van der Waals surface area contributed by atoms with E-state index in [2.05, 4.69) is 21.3 Å². The van der Waals surface area contributed by atoms with Crippen LogP contribution in [0.25, 0.3) is 0 Å². The maximum Gasteiger partial charge on any atom is 0.408 e. The van der Waals surface area contributed by atoms with Gasteiger partial charge in [0.2, 0.25) is 17.7 Å². The molecule has 4 fully saturated rings. The van der Waals surface area contributed by atoms with Crippen molar-refractivity contribution in [1.82, 2.24) is 21.3 Å². The van der Waals surface area contributed by atoms with E-state index in [0.717, 1.165) is 0 Å². The summed E-state index contributed by atoms with van der Waals surface area (Å²) in [5.74, 6) is -3.30. The van der Waals surface area contributed by atoms with Gasteiger partial charge in [0.05, 0.1) is 19.2 Å². The van der Waals surface area contributed by atoms with Crippen LogP contribution in [-0.2, 0) is 66.5 Å². The molecule has 0 aromatic heterocycles. The van der Waals surface area contributed by atoms with Crippen LogP contribution in [0.15, 0.2) is 0 Å². The Morgan fingerprint density at radius 1 is 0.627 bits per heavy atom. The van der Waals surface area contributed by atoms with Crippen molar-refractivity contribution in [3.05, 3.63) is 0 Å². The molecule has 4 rings (SSSR count). The number of carbonyl (C=O) groups is 5. The molecule has 59 heavy (non-hydrogen) atoms. The molecule has 19 nitrogen and oxygen atoms in total. The Morgan fingerprint density at radius 2 is 1.07 bits per heavy atom. The van der Waals surface area contributed by atoms with Gasteiger partial charge in [-0.1, -0.05) is 12.8 Å². The number of nitrogens with one attached hydrogen (secondary N) is 4. The van der Waals surface area contributed by atoms with Crippen molar-refractivity contribution < 1.29 is 71.3 Å². The van der Waals surface area contributed by atoms with E-state index in [1.54, 1.807) is 69.4 Å². The van der Waals surface area contributed by atoms with Gasteiger partial charge in [0.1, 0.15) is 54.3 Å². The fourth-order valence-corrected chi connectivity index (χ4v) is 7.76. The number of esters is 1. The smallest absolute Gasteiger partial charge is 0.408 e. The predicted octanol–water partition coefficient (Wildman–Crippen LogP) is 2.45. The molecule has 0 aliphatic carbocycles. The number of amides is 4. The first-order chi connectivity index (χ1) is 27.6. The van der Waals surface area contributed by atoms with Crippen LogP contribution >= 0.6 is 0 Å². The number of unbranched alkanes of at least 4 members (excludes halogenated alkanes) is 2. The zero-order valence-corrected chi connectivity index (χ0v) is 36.7. The zero-order chi connectivity index (χ0) is 43.9. The number of hydrogen-bond acceptors (Lipinski definition) is 15. The molecule has 19 heteroatoms. The van der Waals surface area contributed by atoms with E-state index in [0.29, 0.717) is 38.5 Å². The molecule has 4 N–H and O–H groups in total. The van der Waals surface area contributed by atoms with Gasteiger partial charge in [-0.05, 0) is 88.0 Å². The highest BCUT2D eigenvalue weighted by Gasteiger charge is 2.58. The van der Waals surface area contributed by atoms with Crippen LogP contribution in [0.1, 0.15) is 114 Å². The Bertz CT molecular complexity index is 1460. The number of alkyl carbamates (subject to hydrolysis) is 1. The summed E-state index contributed by atoms with van der Waals surface area (Å²) in [7, 11) is 4.41. The SMILES string of the molecule is COC(=O)CCCC[C@H](NC(=O)[C@H](C)NC(=O)CCCC[C@H](NC(=O)[C@H](C)NC(=O)OC(C)(C)C)[C@H]1O[C@@H]2OC(C)(C)O[C@@H]2[C@H]1OC)[C@H]1O[C@@H]2OC(C)(C)O[C@@H]2[C@H]1OC. The molecule has 338 valence electrons. The minimum absolute atomic E-state index is 0.0993. The zero-order valence-electron chi connectivity index (χ0n) is 36.7. The summed E-state index contributed by atoms with van der Waals surface area (Å²) in [6.07, 6.45) is -2.41. The summed E-state index contributed by atoms with van der Waals surface area (Å²) >= 11 is 0. The molecule has 4 saturated heterocycles. The van der Waals surface area contributed by atoms with Crippen molar-refractivity contribution in [1.29, 1.82) is 0 Å². The van der Waals surface area contributed by atoms with Gasteiger partial charge in [0.25, 0.3) is 0 Å². The minimum atomic E-state index is -0.937. The first-order valence-corrected chi connectivity index (χ1v) is 20.6. The molecule has 0 unspecified atom stereocenters. The lowest BCUT2D eigenvalue weighted by atomic mass is 9.97. The Balaban J connectivity index is 1.33. The van der Waals surface area contributed by atoms with Crippen molar-refractivity contribution in [3.63, 3.8) is 0 Å². The van der Waals surface area contributed by atoms with Crippen LogP contribution in [0, 0.1) is 0 Å². The molecular weight excluding hydrogens is 776 g/mol. The maximum absolute atomic E-state index is 13.5. The molecule has 0 bridgehead atoms. The maximum atomic E-state index is 13.5. The topological polar surface area (TPSA) is 226 Å². The van der Waals surface area contributed by atoms with Crippen LogP contribution in [-0.4, -0.2) is 142 Å². The number of methoxy groups -OCH3 is 3. The van der Waals surface area contributed by atoms with Gasteiger partial charge in [-0.25, -0.2) is 4.79 Å². The summed E-state index contributed by atoms with van der Waals surface area (Å²) in [6.45, 7) is 15.4. The number of hydrogen-bond donors (Lipinski definition) is 4. The van der Waals surface area contributed by atoms with Gasteiger partial charge in [0.15, 0.2) is 24.2 Å². The third kappa shape index (κ3) is 13.7. The lowest BCUT2D eigenvalue weighted by molar-refractivity contribution is -0.220. The highest BCUT2D eigenvalue weighted by Crippen LogP contribution is 2.41. The Morgan fingerprint density at radius 3 is 1.49 bits per heavy atom. The molecule has 4 aliphatic heterocycles. The van der Waals surface area contributed by atoms with Crippen LogP contribution in [0.3, 0.4) is 0 Å². The van der Waals surface area contributed by atoms with Crippen LogP contribution in [0.4, 0.5) is 4.79 Å². The third-order valence-electron chi connectivity index (χ3n) is 10.5. The van der Waals surface area contributed by atoms with Crippen molar-refractivity contribution in [3.8, 4) is 0 Å². The highest BCUT2D eigenvalue weighted by molar-refractivity contribution is 5.87. The van der Waals surface area contributed by atoms with E-state index >= 15 is 0 Å². The number of fused-ring (bicyclic) bond motifs is 2. The number of ether oxygens (including phenoxy) is 10. The van der Waals surface area contributed by atoms with E-state index in [-0.39, 0.29) is 24.7 Å². The van der Waals surface area contributed by atoms with E-state index in [4.69, 9.17) is 47.4 Å². The first kappa shape index (κ1) is 48.5. The van der Waals surface area contributed by atoms with E-state index in [1.807, 2.05) is 0 Å². The second-order valence-corrected chi connectivity index (χ2v) is 17.5. The summed E-state index contributed by atoms with van der Waals surface area (Å²) < 4.78 is 58.1. The van der Waals surface area contributed by atoms with Crippen LogP contribution < -0.4 is 21.3 Å². The van der Waals surface area contributed by atoms with Crippen molar-refractivity contribution in [2.45, 2.75) is 204 Å². The van der Waals surface area contributed by atoms with Gasteiger partial charge >= 0.3 is 12.1 Å². The Hall–Kier alpha value is -3.17. The largest absolute Gasteiger partial charge is 0.469 e. The highest BCUT2D eigenvalue weighted by atomic mass is 16.9. The molecule has 0 aromatic rings. The summed E-state index contributed by atoms with van der Waals surface area (Å²) in [4.78, 5) is 64.2. The van der Waals surface area contributed by atoms with Crippen molar-refractivity contribution in [2.75, 3.05) is 21.3 Å². The summed E-state index contributed by atoms with van der Waals surface area (Å²) in [5, 5.41) is 11.4. The number of rotatable bonds is 20. The van der Waals surface area contributed by atoms with Crippen molar-refractivity contribution in [2.24, 2.45) is 0 Å². The minimum Gasteiger partial charge on any atom is -0.469 e. The fraction of sp³-hybridized carbons (Fsp3) is 0.875. The van der Waals surface area contributed by atoms with E-state index in [9.17, 15) is 24.0 Å². The average molecular weight is 845 g/mol. The molecule has 4 aliphatic rings. The molecule has 0 radical (unpaired) electrons. The summed E-state index contributed by atoms with van der Waals surface area (Å²) in [6, 6.07) is -2.98. The monoisotopic (exact) mass is 844 g/mol. The molecule has 4 heterocycles. The molecule has 0 saturated carbocycles. The predicted molar refractivity (Wildman–Crippen MR) is 208 cm³/mol. The lowest BCUT2D eigenvalue weighted by Crippen LogP contribution is -2.55. The molecule has 12 atom stereocenters. The summed E-state index contributed by atoms with van der Waals surface area (Å²) in [5.41, 5.74) is -0.747. The third-order valence-corrected chi connectivity index (χ3v) is 10.5. The van der Waals surface area contributed by atoms with Gasteiger partial charge < -0.3 is 68.6 Å². The standard InChI is InChI=1S/C40H68N4O15/c1-21(33(47)43-24(18-14-16-20-26(46)50-10)28-30(52-12)32-36(54-28)58-40(8,9)56-32)41-25(45)19-15-13-17-23(44-34(48)22(2)42-37(49)59-38(3,4)5)27-29(51-11)31-35(53-27)57-39(6,7)55-31/h21-24,27-32,35-36H,13-20H2,1-12H3,(H,41,45)(H,42,49)(H,43,47)(H,44,48)/t21-,22-,23-,24-,27+,28+,29-,30-,31+,32+,35+,36+/m0/s1. The van der Waals surface area contributed by atoms with Gasteiger partial charge in [-0.3, -0.25) is 19.2 Å². The molecule has 0 spiro atoms. The normalized spacial score (nSPS) is 30.0. The van der Waals surface area contributed by atoms with E-state index < -0.39 is 108 Å². The molecule has 4 amide bonds. The second-order valence-electron chi connectivity index (χ2n) is 17.5. The van der Waals surface area contributed by atoms with Crippen LogP contribution in [0.5, 0.6) is 0 Å². The van der Waals surface area contributed by atoms with Crippen LogP contribution in [0.2, 0.25) is 0 Å². The van der Waals surface area contributed by atoms with Gasteiger partial charge in [-0.2, -0.15) is 0 Å². The first-order valence-electron chi connectivity index (χ1n) is 20.6. The Kier molecular flexibility index (Phi) is 16.9. The molecule has 0 aromatic carbocycles. The fourth-order valence-electron chi connectivity index (χ4n) is 7.76. The number of carbonyl (C=O) groups excluding carboxylic acids is 5. The lowest BCUT2D eigenvalue weighted by Gasteiger charge is -2.32.